The smallest absolute Gasteiger partial charge is 0.189 e. The second-order valence-electron chi connectivity index (χ2n) is 8.75. The molecule has 160 valence electrons. The topological polar surface area (TPSA) is 35.5 Å². The minimum atomic E-state index is -0.552. The van der Waals surface area contributed by atoms with Crippen LogP contribution in [0.25, 0.3) is 0 Å². The zero-order valence-electron chi connectivity index (χ0n) is 17.7. The van der Waals surface area contributed by atoms with Crippen LogP contribution in [0.5, 0.6) is 5.75 Å². The molecule has 0 radical (unpaired) electrons. The zero-order valence-corrected chi connectivity index (χ0v) is 17.7. The monoisotopic (exact) mass is 402 g/mol. The maximum absolute atomic E-state index is 14.1. The van der Waals surface area contributed by atoms with E-state index >= 15 is 0 Å². The average molecular weight is 403 g/mol. The molecule has 2 fully saturated rings. The Balaban J connectivity index is 1.36. The summed E-state index contributed by atoms with van der Waals surface area (Å²) in [5.41, 5.74) is 0.271. The van der Waals surface area contributed by atoms with Crippen molar-refractivity contribution < 1.29 is 18.7 Å². The second-order valence-corrected chi connectivity index (χ2v) is 8.75. The van der Waals surface area contributed by atoms with Gasteiger partial charge in [0, 0.05) is 5.56 Å². The maximum Gasteiger partial charge on any atom is 0.189 e. The lowest BCUT2D eigenvalue weighted by atomic mass is 9.70. The standard InChI is InChI=1S/C25H35FO3/c1-3-5-18-6-8-19(9-7-18)20-10-13-22(14-11-20)28-17-29-25-15-12-21(16-23(25)26)24(27)4-2/h4,12,15-16,18-20,22H,2-3,5-11,13-14,17H2,1H3. The number of ketones is 1. The Labute approximate surface area is 174 Å². The maximum atomic E-state index is 14.1. The Kier molecular flexibility index (Phi) is 8.29. The highest BCUT2D eigenvalue weighted by atomic mass is 19.1. The first kappa shape index (κ1) is 22.0. The molecule has 0 amide bonds. The molecule has 2 saturated carbocycles. The summed E-state index contributed by atoms with van der Waals surface area (Å²) in [5.74, 6) is 1.99. The summed E-state index contributed by atoms with van der Waals surface area (Å²) in [5, 5.41) is 0. The number of hydrogen-bond donors (Lipinski definition) is 0. The van der Waals surface area contributed by atoms with Gasteiger partial charge in [0.05, 0.1) is 6.10 Å². The minimum Gasteiger partial charge on any atom is -0.464 e. The molecule has 0 heterocycles. The molecule has 0 aliphatic heterocycles. The van der Waals surface area contributed by atoms with Gasteiger partial charge in [-0.25, -0.2) is 4.39 Å². The van der Waals surface area contributed by atoms with Crippen LogP contribution in [-0.2, 0) is 4.74 Å². The van der Waals surface area contributed by atoms with Crippen LogP contribution in [0.4, 0.5) is 4.39 Å². The number of carbonyl (C=O) groups excluding carboxylic acids is 1. The molecule has 1 aromatic rings. The van der Waals surface area contributed by atoms with Crippen molar-refractivity contribution in [1.29, 1.82) is 0 Å². The summed E-state index contributed by atoms with van der Waals surface area (Å²) in [4.78, 5) is 11.5. The summed E-state index contributed by atoms with van der Waals surface area (Å²) in [7, 11) is 0. The number of carbonyl (C=O) groups is 1. The van der Waals surface area contributed by atoms with Crippen LogP contribution in [0.15, 0.2) is 30.9 Å². The van der Waals surface area contributed by atoms with Crippen LogP contribution in [0, 0.1) is 23.6 Å². The largest absolute Gasteiger partial charge is 0.464 e. The minimum absolute atomic E-state index is 0.0448. The molecule has 0 aromatic heterocycles. The number of benzene rings is 1. The summed E-state index contributed by atoms with van der Waals surface area (Å²) in [6, 6.07) is 4.20. The molecule has 2 aliphatic rings. The van der Waals surface area contributed by atoms with E-state index in [2.05, 4.69) is 13.5 Å². The molecule has 3 rings (SSSR count). The van der Waals surface area contributed by atoms with Crippen molar-refractivity contribution in [3.8, 4) is 5.75 Å². The molecule has 0 N–H and O–H groups in total. The van der Waals surface area contributed by atoms with Crippen LogP contribution in [0.3, 0.4) is 0 Å². The number of halogens is 1. The second kappa shape index (κ2) is 10.9. The van der Waals surface area contributed by atoms with Gasteiger partial charge in [-0.3, -0.25) is 4.79 Å². The normalized spacial score (nSPS) is 27.4. The van der Waals surface area contributed by atoms with Crippen molar-refractivity contribution in [3.05, 3.63) is 42.2 Å². The molecule has 4 heteroatoms. The predicted molar refractivity (Wildman–Crippen MR) is 114 cm³/mol. The first-order valence-electron chi connectivity index (χ1n) is 11.3. The SMILES string of the molecule is C=CC(=O)c1ccc(OCOC2CCC(C3CCC(CCC)CC3)CC2)c(F)c1. The summed E-state index contributed by atoms with van der Waals surface area (Å²) >= 11 is 0. The van der Waals surface area contributed by atoms with Gasteiger partial charge in [0.2, 0.25) is 0 Å². The van der Waals surface area contributed by atoms with Crippen LogP contribution in [0.1, 0.15) is 81.5 Å². The number of ether oxygens (including phenoxy) is 2. The average Bonchev–Trinajstić information content (AvgIpc) is 2.75. The predicted octanol–water partition coefficient (Wildman–Crippen LogP) is 6.71. The first-order valence-corrected chi connectivity index (χ1v) is 11.3. The van der Waals surface area contributed by atoms with E-state index < -0.39 is 5.82 Å². The van der Waals surface area contributed by atoms with Gasteiger partial charge in [0.25, 0.3) is 0 Å². The van der Waals surface area contributed by atoms with Gasteiger partial charge in [0.1, 0.15) is 0 Å². The Morgan fingerprint density at radius 3 is 2.34 bits per heavy atom. The molecule has 0 spiro atoms. The molecule has 29 heavy (non-hydrogen) atoms. The van der Waals surface area contributed by atoms with Gasteiger partial charge in [-0.1, -0.05) is 39.2 Å². The fraction of sp³-hybridized carbons (Fsp3) is 0.640. The fourth-order valence-electron chi connectivity index (χ4n) is 5.17. The van der Waals surface area contributed by atoms with E-state index in [0.717, 1.165) is 30.6 Å². The molecular weight excluding hydrogens is 367 g/mol. The molecule has 2 aliphatic carbocycles. The van der Waals surface area contributed by atoms with Crippen molar-refractivity contribution in [1.82, 2.24) is 0 Å². The van der Waals surface area contributed by atoms with E-state index in [1.54, 1.807) is 6.07 Å². The third-order valence-electron chi connectivity index (χ3n) is 6.89. The van der Waals surface area contributed by atoms with Crippen LogP contribution >= 0.6 is 0 Å². The first-order chi connectivity index (χ1) is 14.1. The Morgan fingerprint density at radius 2 is 1.76 bits per heavy atom. The van der Waals surface area contributed by atoms with Gasteiger partial charge in [-0.05, 0) is 80.6 Å². The quantitative estimate of drug-likeness (QED) is 0.261. The van der Waals surface area contributed by atoms with E-state index in [-0.39, 0.29) is 30.0 Å². The van der Waals surface area contributed by atoms with Gasteiger partial charge in [-0.15, -0.1) is 0 Å². The number of rotatable bonds is 9. The van der Waals surface area contributed by atoms with E-state index in [9.17, 15) is 9.18 Å². The summed E-state index contributed by atoms with van der Waals surface area (Å²) < 4.78 is 25.4. The fourth-order valence-corrected chi connectivity index (χ4v) is 5.17. The van der Waals surface area contributed by atoms with Crippen LogP contribution in [-0.4, -0.2) is 18.7 Å². The van der Waals surface area contributed by atoms with E-state index in [4.69, 9.17) is 9.47 Å². The summed E-state index contributed by atoms with van der Waals surface area (Å²) in [6.07, 6.45) is 14.4. The molecule has 1 aromatic carbocycles. The van der Waals surface area contributed by atoms with Crippen LogP contribution < -0.4 is 4.74 Å². The van der Waals surface area contributed by atoms with Gasteiger partial charge >= 0.3 is 0 Å². The lowest BCUT2D eigenvalue weighted by Crippen LogP contribution is -2.29. The highest BCUT2D eigenvalue weighted by molar-refractivity contribution is 6.04. The van der Waals surface area contributed by atoms with Gasteiger partial charge in [-0.2, -0.15) is 0 Å². The lowest BCUT2D eigenvalue weighted by molar-refractivity contribution is -0.0603. The number of allylic oxidation sites excluding steroid dienone is 1. The zero-order chi connectivity index (χ0) is 20.6. The number of hydrogen-bond acceptors (Lipinski definition) is 3. The Morgan fingerprint density at radius 1 is 1.10 bits per heavy atom. The lowest BCUT2D eigenvalue weighted by Gasteiger charge is -2.37. The summed E-state index contributed by atoms with van der Waals surface area (Å²) in [6.45, 7) is 5.75. The Bertz CT molecular complexity index is 671. The van der Waals surface area contributed by atoms with Crippen molar-refractivity contribution in [2.45, 2.75) is 77.2 Å². The van der Waals surface area contributed by atoms with Crippen molar-refractivity contribution in [2.75, 3.05) is 6.79 Å². The molecule has 0 saturated heterocycles. The highest BCUT2D eigenvalue weighted by Crippen LogP contribution is 2.41. The van der Waals surface area contributed by atoms with Crippen molar-refractivity contribution in [2.24, 2.45) is 17.8 Å². The van der Waals surface area contributed by atoms with Gasteiger partial charge < -0.3 is 9.47 Å². The van der Waals surface area contributed by atoms with E-state index in [1.165, 1.54) is 69.6 Å². The van der Waals surface area contributed by atoms with Crippen molar-refractivity contribution >= 4 is 5.78 Å². The van der Waals surface area contributed by atoms with Crippen molar-refractivity contribution in [3.63, 3.8) is 0 Å². The molecule has 0 unspecified atom stereocenters. The molecule has 0 atom stereocenters. The highest BCUT2D eigenvalue weighted by Gasteiger charge is 2.31. The molecular formula is C25H35FO3. The van der Waals surface area contributed by atoms with Crippen LogP contribution in [0.2, 0.25) is 0 Å². The van der Waals surface area contributed by atoms with Gasteiger partial charge in [0.15, 0.2) is 24.1 Å². The van der Waals surface area contributed by atoms with E-state index in [1.807, 2.05) is 0 Å². The van der Waals surface area contributed by atoms with E-state index in [0.29, 0.717) is 0 Å². The Hall–Kier alpha value is -1.68. The molecule has 0 bridgehead atoms. The molecule has 3 nitrogen and oxygen atoms in total. The third kappa shape index (κ3) is 6.15. The third-order valence-corrected chi connectivity index (χ3v) is 6.89.